The Labute approximate surface area is 152 Å². The quantitative estimate of drug-likeness (QED) is 0.757. The van der Waals surface area contributed by atoms with Gasteiger partial charge in [0.15, 0.2) is 5.82 Å². The monoisotopic (exact) mass is 376 g/mol. The van der Waals surface area contributed by atoms with Crippen LogP contribution >= 0.6 is 0 Å². The molecular formula is C17H20N4O4S. The summed E-state index contributed by atoms with van der Waals surface area (Å²) in [6.07, 6.45) is 2.03. The highest BCUT2D eigenvalue weighted by atomic mass is 32.2. The summed E-state index contributed by atoms with van der Waals surface area (Å²) in [7, 11) is -3.43. The topological polar surface area (TPSA) is 109 Å². The zero-order chi connectivity index (χ0) is 18.7. The highest BCUT2D eigenvalue weighted by Crippen LogP contribution is 2.32. The number of nitriles is 1. The average molecular weight is 376 g/mol. The zero-order valence-electron chi connectivity index (χ0n) is 14.6. The molecule has 0 aliphatic carbocycles. The molecule has 0 radical (unpaired) electrons. The molecule has 0 spiro atoms. The molecule has 0 unspecified atom stereocenters. The molecule has 1 aromatic heterocycles. The Bertz CT molecular complexity index is 919. The Hall–Kier alpha value is -2.28. The van der Waals surface area contributed by atoms with Crippen molar-refractivity contribution in [3.63, 3.8) is 0 Å². The molecule has 1 saturated heterocycles. The molecule has 26 heavy (non-hydrogen) atoms. The minimum absolute atomic E-state index is 0.193. The molecule has 138 valence electrons. The molecular weight excluding hydrogens is 356 g/mol. The number of sulfonamides is 1. The highest BCUT2D eigenvalue weighted by molar-refractivity contribution is 7.88. The number of hydrogen-bond acceptors (Lipinski definition) is 7. The maximum atomic E-state index is 12.2. The van der Waals surface area contributed by atoms with Gasteiger partial charge in [-0.1, -0.05) is 17.3 Å². The first-order chi connectivity index (χ1) is 12.3. The minimum Gasteiger partial charge on any atom is -0.364 e. The van der Waals surface area contributed by atoms with Crippen LogP contribution in [0.1, 0.15) is 41.8 Å². The van der Waals surface area contributed by atoms with E-state index in [0.29, 0.717) is 30.1 Å². The molecule has 1 aliphatic heterocycles. The normalized spacial score (nSPS) is 20.4. The van der Waals surface area contributed by atoms with Crippen molar-refractivity contribution >= 4 is 10.0 Å². The summed E-state index contributed by atoms with van der Waals surface area (Å²) in [5, 5.41) is 12.8. The SMILES string of the molecule is Cc1noc([C@@H]2CC[C@H](CN(Cc3cccc(C#N)c3)S(C)(=O)=O)O2)n1. The lowest BCUT2D eigenvalue weighted by molar-refractivity contribution is 0.0172. The molecule has 1 fully saturated rings. The van der Waals surface area contributed by atoms with Gasteiger partial charge in [0, 0.05) is 13.1 Å². The van der Waals surface area contributed by atoms with Crippen molar-refractivity contribution in [3.05, 3.63) is 47.1 Å². The van der Waals surface area contributed by atoms with Gasteiger partial charge in [0.25, 0.3) is 5.89 Å². The average Bonchev–Trinajstić information content (AvgIpc) is 3.22. The lowest BCUT2D eigenvalue weighted by atomic mass is 10.1. The van der Waals surface area contributed by atoms with E-state index in [2.05, 4.69) is 16.2 Å². The fraction of sp³-hybridized carbons (Fsp3) is 0.471. The van der Waals surface area contributed by atoms with E-state index >= 15 is 0 Å². The van der Waals surface area contributed by atoms with Crippen LogP contribution in [0.5, 0.6) is 0 Å². The third-order valence-electron chi connectivity index (χ3n) is 4.22. The van der Waals surface area contributed by atoms with Crippen molar-refractivity contribution in [2.75, 3.05) is 12.8 Å². The summed E-state index contributed by atoms with van der Waals surface area (Å²) in [5.41, 5.74) is 1.26. The summed E-state index contributed by atoms with van der Waals surface area (Å²) < 4.78 is 36.8. The van der Waals surface area contributed by atoms with Crippen molar-refractivity contribution in [2.45, 2.75) is 38.5 Å². The molecule has 2 heterocycles. The lowest BCUT2D eigenvalue weighted by Gasteiger charge is -2.23. The Morgan fingerprint density at radius 1 is 1.38 bits per heavy atom. The van der Waals surface area contributed by atoms with Gasteiger partial charge in [0.05, 0.1) is 24.0 Å². The summed E-state index contributed by atoms with van der Waals surface area (Å²) in [6.45, 7) is 2.16. The Morgan fingerprint density at radius 3 is 2.85 bits per heavy atom. The molecule has 0 saturated carbocycles. The molecule has 2 atom stereocenters. The fourth-order valence-electron chi connectivity index (χ4n) is 2.95. The second-order valence-electron chi connectivity index (χ2n) is 6.37. The number of nitrogens with zero attached hydrogens (tertiary/aromatic N) is 4. The third kappa shape index (κ3) is 4.46. The van der Waals surface area contributed by atoms with E-state index in [-0.39, 0.29) is 25.3 Å². The number of rotatable bonds is 6. The van der Waals surface area contributed by atoms with Crippen LogP contribution in [0.3, 0.4) is 0 Å². The Balaban J connectivity index is 1.69. The first kappa shape index (κ1) is 18.5. The van der Waals surface area contributed by atoms with Gasteiger partial charge in [-0.2, -0.15) is 14.6 Å². The Morgan fingerprint density at radius 2 is 2.19 bits per heavy atom. The van der Waals surface area contributed by atoms with Crippen LogP contribution in [0.25, 0.3) is 0 Å². The fourth-order valence-corrected chi connectivity index (χ4v) is 3.77. The van der Waals surface area contributed by atoms with E-state index in [9.17, 15) is 8.42 Å². The molecule has 1 aromatic carbocycles. The lowest BCUT2D eigenvalue weighted by Crippen LogP contribution is -2.36. The number of ether oxygens (including phenoxy) is 1. The molecule has 0 amide bonds. The van der Waals surface area contributed by atoms with E-state index in [1.165, 1.54) is 10.6 Å². The van der Waals surface area contributed by atoms with E-state index in [4.69, 9.17) is 14.5 Å². The van der Waals surface area contributed by atoms with Gasteiger partial charge in [-0.15, -0.1) is 0 Å². The van der Waals surface area contributed by atoms with E-state index in [1.807, 2.05) is 0 Å². The Kier molecular flexibility index (Phi) is 5.36. The molecule has 3 rings (SSSR count). The van der Waals surface area contributed by atoms with Crippen LogP contribution in [-0.4, -0.2) is 41.8 Å². The van der Waals surface area contributed by atoms with Crippen molar-refractivity contribution in [3.8, 4) is 6.07 Å². The first-order valence-electron chi connectivity index (χ1n) is 8.25. The van der Waals surface area contributed by atoms with Gasteiger partial charge in [-0.05, 0) is 37.5 Å². The summed E-state index contributed by atoms with van der Waals surface area (Å²) in [6, 6.07) is 8.99. The van der Waals surface area contributed by atoms with Crippen molar-refractivity contribution in [1.29, 1.82) is 5.26 Å². The van der Waals surface area contributed by atoms with E-state index < -0.39 is 10.0 Å². The van der Waals surface area contributed by atoms with Crippen molar-refractivity contribution in [1.82, 2.24) is 14.4 Å². The number of hydrogen-bond donors (Lipinski definition) is 0. The summed E-state index contributed by atoms with van der Waals surface area (Å²) in [5.74, 6) is 0.972. The molecule has 9 heteroatoms. The van der Waals surface area contributed by atoms with Crippen LogP contribution in [0, 0.1) is 18.3 Å². The molecule has 2 aromatic rings. The van der Waals surface area contributed by atoms with Gasteiger partial charge < -0.3 is 9.26 Å². The second-order valence-corrected chi connectivity index (χ2v) is 8.35. The van der Waals surface area contributed by atoms with Crippen LogP contribution in [0.2, 0.25) is 0 Å². The predicted octanol–water partition coefficient (Wildman–Crippen LogP) is 1.93. The van der Waals surface area contributed by atoms with E-state index in [1.54, 1.807) is 31.2 Å². The van der Waals surface area contributed by atoms with Gasteiger partial charge >= 0.3 is 0 Å². The smallest absolute Gasteiger partial charge is 0.255 e. The number of aryl methyl sites for hydroxylation is 1. The molecule has 0 bridgehead atoms. The third-order valence-corrected chi connectivity index (χ3v) is 5.43. The molecule has 0 N–H and O–H groups in total. The first-order valence-corrected chi connectivity index (χ1v) is 10.1. The maximum Gasteiger partial charge on any atom is 0.255 e. The second kappa shape index (κ2) is 7.53. The van der Waals surface area contributed by atoms with Crippen LogP contribution in [-0.2, 0) is 21.3 Å². The molecule has 1 aliphatic rings. The largest absolute Gasteiger partial charge is 0.364 e. The van der Waals surface area contributed by atoms with Gasteiger partial charge in [0.2, 0.25) is 10.0 Å². The minimum atomic E-state index is -3.43. The summed E-state index contributed by atoms with van der Waals surface area (Å²) in [4.78, 5) is 4.18. The molecule has 8 nitrogen and oxygen atoms in total. The maximum absolute atomic E-state index is 12.2. The van der Waals surface area contributed by atoms with Crippen molar-refractivity contribution < 1.29 is 17.7 Å². The van der Waals surface area contributed by atoms with Crippen LogP contribution < -0.4 is 0 Å². The van der Waals surface area contributed by atoms with Gasteiger partial charge in [-0.25, -0.2) is 8.42 Å². The number of aromatic nitrogens is 2. The van der Waals surface area contributed by atoms with Crippen LogP contribution in [0.4, 0.5) is 0 Å². The number of benzene rings is 1. The summed E-state index contributed by atoms with van der Waals surface area (Å²) >= 11 is 0. The highest BCUT2D eigenvalue weighted by Gasteiger charge is 2.33. The van der Waals surface area contributed by atoms with Crippen molar-refractivity contribution in [2.24, 2.45) is 0 Å². The predicted molar refractivity (Wildman–Crippen MR) is 92.3 cm³/mol. The standard InChI is InChI=1S/C17H20N4O4S/c1-12-19-17(25-20-12)16-7-6-15(24-16)11-21(26(2,22)23)10-14-5-3-4-13(8-14)9-18/h3-5,8,15-16H,6-7,10-11H2,1-2H3/t15-,16+/m1/s1. The van der Waals surface area contributed by atoms with Crippen LogP contribution in [0.15, 0.2) is 28.8 Å². The zero-order valence-corrected chi connectivity index (χ0v) is 15.4. The van der Waals surface area contributed by atoms with E-state index in [0.717, 1.165) is 5.56 Å². The van der Waals surface area contributed by atoms with Gasteiger partial charge in [-0.3, -0.25) is 0 Å². The van der Waals surface area contributed by atoms with Gasteiger partial charge in [0.1, 0.15) is 6.10 Å².